The highest BCUT2D eigenvalue weighted by Gasteiger charge is 2.28. The summed E-state index contributed by atoms with van der Waals surface area (Å²) < 4.78 is 4.78. The Labute approximate surface area is 112 Å². The van der Waals surface area contributed by atoms with Gasteiger partial charge in [-0.2, -0.15) is 0 Å². The maximum Gasteiger partial charge on any atom is 0.308 e. The summed E-state index contributed by atoms with van der Waals surface area (Å²) in [6.45, 7) is 6.82. The molecule has 0 bridgehead atoms. The van der Waals surface area contributed by atoms with Crippen LogP contribution >= 0.6 is 0 Å². The molecule has 1 unspecified atom stereocenters. The molecule has 0 spiro atoms. The molecule has 3 N–H and O–H groups in total. The first-order valence-electron chi connectivity index (χ1n) is 5.94. The van der Waals surface area contributed by atoms with Crippen LogP contribution in [0.2, 0.25) is 0 Å². The summed E-state index contributed by atoms with van der Waals surface area (Å²) in [7, 11) is 0. The van der Waals surface area contributed by atoms with Gasteiger partial charge in [-0.3, -0.25) is 9.59 Å². The molecular formula is C14H19NO4. The molecule has 1 aromatic rings. The Morgan fingerprint density at radius 3 is 2.32 bits per heavy atom. The number of carbonyl (C=O) groups is 2. The maximum atomic E-state index is 12.1. The SMILES string of the molecule is CC(=O)Oc1ccc(C(=O)C(N)C(C)(C)C)cc1O. The van der Waals surface area contributed by atoms with Crippen molar-refractivity contribution in [2.45, 2.75) is 33.7 Å². The van der Waals surface area contributed by atoms with Crippen LogP contribution in [0, 0.1) is 5.41 Å². The van der Waals surface area contributed by atoms with Gasteiger partial charge in [-0.25, -0.2) is 0 Å². The highest BCUT2D eigenvalue weighted by atomic mass is 16.5. The van der Waals surface area contributed by atoms with Gasteiger partial charge >= 0.3 is 5.97 Å². The largest absolute Gasteiger partial charge is 0.504 e. The zero-order valence-electron chi connectivity index (χ0n) is 11.6. The molecule has 5 nitrogen and oxygen atoms in total. The van der Waals surface area contributed by atoms with Crippen LogP contribution in [0.5, 0.6) is 11.5 Å². The van der Waals surface area contributed by atoms with E-state index in [0.717, 1.165) is 0 Å². The van der Waals surface area contributed by atoms with Crippen LogP contribution in [0.25, 0.3) is 0 Å². The zero-order valence-corrected chi connectivity index (χ0v) is 11.6. The maximum absolute atomic E-state index is 12.1. The molecule has 0 aliphatic rings. The highest BCUT2D eigenvalue weighted by Crippen LogP contribution is 2.29. The number of ether oxygens (including phenoxy) is 1. The normalized spacial score (nSPS) is 12.9. The first-order valence-corrected chi connectivity index (χ1v) is 5.94. The van der Waals surface area contributed by atoms with Gasteiger partial charge in [0.2, 0.25) is 0 Å². The third kappa shape index (κ3) is 3.79. The lowest BCUT2D eigenvalue weighted by Gasteiger charge is -2.25. The summed E-state index contributed by atoms with van der Waals surface area (Å²) in [6, 6.07) is 3.43. The van der Waals surface area contributed by atoms with Crippen LogP contribution in [-0.2, 0) is 4.79 Å². The van der Waals surface area contributed by atoms with Crippen LogP contribution in [0.15, 0.2) is 18.2 Å². The fourth-order valence-electron chi connectivity index (χ4n) is 1.48. The van der Waals surface area contributed by atoms with Crippen LogP contribution in [-0.4, -0.2) is 22.9 Å². The Hall–Kier alpha value is -1.88. The van der Waals surface area contributed by atoms with Crippen molar-refractivity contribution in [3.63, 3.8) is 0 Å². The Morgan fingerprint density at radius 1 is 1.32 bits per heavy atom. The average Bonchev–Trinajstić information content (AvgIpc) is 2.28. The third-order valence-corrected chi connectivity index (χ3v) is 2.71. The number of aromatic hydroxyl groups is 1. The quantitative estimate of drug-likeness (QED) is 0.494. The van der Waals surface area contributed by atoms with Crippen molar-refractivity contribution in [3.8, 4) is 11.5 Å². The number of benzene rings is 1. The van der Waals surface area contributed by atoms with Gasteiger partial charge in [-0.1, -0.05) is 20.8 Å². The van der Waals surface area contributed by atoms with Crippen molar-refractivity contribution >= 4 is 11.8 Å². The van der Waals surface area contributed by atoms with E-state index >= 15 is 0 Å². The molecule has 104 valence electrons. The number of carbonyl (C=O) groups excluding carboxylic acids is 2. The Kier molecular flexibility index (Phi) is 4.32. The molecule has 1 aromatic carbocycles. The average molecular weight is 265 g/mol. The van der Waals surface area contributed by atoms with Gasteiger partial charge in [0.25, 0.3) is 0 Å². The molecule has 0 aromatic heterocycles. The lowest BCUT2D eigenvalue weighted by Crippen LogP contribution is -2.42. The van der Waals surface area contributed by atoms with Crippen LogP contribution in [0.4, 0.5) is 0 Å². The lowest BCUT2D eigenvalue weighted by molar-refractivity contribution is -0.132. The second kappa shape index (κ2) is 5.40. The molecule has 0 aliphatic heterocycles. The minimum Gasteiger partial charge on any atom is -0.504 e. The monoisotopic (exact) mass is 265 g/mol. The minimum absolute atomic E-state index is 0.0216. The smallest absolute Gasteiger partial charge is 0.308 e. The molecular weight excluding hydrogens is 246 g/mol. The Balaban J connectivity index is 3.01. The number of phenolic OH excluding ortho intramolecular Hbond substituents is 1. The van der Waals surface area contributed by atoms with E-state index in [-0.39, 0.29) is 28.3 Å². The molecule has 0 saturated carbocycles. The first-order chi connectivity index (χ1) is 8.62. The second-order valence-corrected chi connectivity index (χ2v) is 5.48. The van der Waals surface area contributed by atoms with Crippen molar-refractivity contribution in [2.75, 3.05) is 0 Å². The molecule has 5 heteroatoms. The minimum atomic E-state index is -0.675. The fourth-order valence-corrected chi connectivity index (χ4v) is 1.48. The van der Waals surface area contributed by atoms with E-state index in [4.69, 9.17) is 10.5 Å². The Bertz CT molecular complexity index is 503. The van der Waals surface area contributed by atoms with E-state index in [1.165, 1.54) is 25.1 Å². The number of rotatable bonds is 3. The number of nitrogens with two attached hydrogens (primary N) is 1. The van der Waals surface area contributed by atoms with Gasteiger partial charge < -0.3 is 15.6 Å². The first kappa shape index (κ1) is 15.2. The standard InChI is InChI=1S/C14H19NO4/c1-8(16)19-11-6-5-9(7-10(11)17)12(18)13(15)14(2,3)4/h5-7,13,17H,15H2,1-4H3. The van der Waals surface area contributed by atoms with Crippen molar-refractivity contribution in [1.82, 2.24) is 0 Å². The molecule has 19 heavy (non-hydrogen) atoms. The van der Waals surface area contributed by atoms with Gasteiger partial charge in [0.15, 0.2) is 17.3 Å². The van der Waals surface area contributed by atoms with E-state index in [0.29, 0.717) is 0 Å². The molecule has 1 rings (SSSR count). The number of phenols is 1. The van der Waals surface area contributed by atoms with E-state index < -0.39 is 12.0 Å². The summed E-state index contributed by atoms with van der Waals surface area (Å²) >= 11 is 0. The predicted molar refractivity (Wildman–Crippen MR) is 71.2 cm³/mol. The summed E-state index contributed by atoms with van der Waals surface area (Å²) in [5, 5.41) is 9.70. The van der Waals surface area contributed by atoms with E-state index in [1.54, 1.807) is 0 Å². The zero-order chi connectivity index (χ0) is 14.8. The number of hydrogen-bond donors (Lipinski definition) is 2. The highest BCUT2D eigenvalue weighted by molar-refractivity contribution is 6.01. The van der Waals surface area contributed by atoms with Gasteiger partial charge in [0.1, 0.15) is 0 Å². The topological polar surface area (TPSA) is 89.6 Å². The molecule has 0 saturated heterocycles. The van der Waals surface area contributed by atoms with Crippen LogP contribution in [0.1, 0.15) is 38.1 Å². The van der Waals surface area contributed by atoms with E-state index in [2.05, 4.69) is 0 Å². The van der Waals surface area contributed by atoms with Crippen molar-refractivity contribution in [3.05, 3.63) is 23.8 Å². The fraction of sp³-hybridized carbons (Fsp3) is 0.429. The summed E-state index contributed by atoms with van der Waals surface area (Å²) in [4.78, 5) is 22.9. The molecule has 0 aliphatic carbocycles. The lowest BCUT2D eigenvalue weighted by atomic mass is 9.83. The van der Waals surface area contributed by atoms with Crippen molar-refractivity contribution in [2.24, 2.45) is 11.1 Å². The molecule has 0 amide bonds. The summed E-state index contributed by atoms with van der Waals surface area (Å²) in [5.41, 5.74) is 5.79. The number of esters is 1. The van der Waals surface area contributed by atoms with Crippen molar-refractivity contribution < 1.29 is 19.4 Å². The van der Waals surface area contributed by atoms with E-state index in [9.17, 15) is 14.7 Å². The van der Waals surface area contributed by atoms with Gasteiger partial charge in [0.05, 0.1) is 6.04 Å². The number of hydrogen-bond acceptors (Lipinski definition) is 5. The third-order valence-electron chi connectivity index (χ3n) is 2.71. The van der Waals surface area contributed by atoms with Gasteiger partial charge in [-0.05, 0) is 23.6 Å². The molecule has 0 fully saturated rings. The predicted octanol–water partition coefficient (Wildman–Crippen LogP) is 1.87. The summed E-state index contributed by atoms with van der Waals surface area (Å²) in [5.74, 6) is -1.05. The molecule has 1 atom stereocenters. The number of ketones is 1. The summed E-state index contributed by atoms with van der Waals surface area (Å²) in [6.07, 6.45) is 0. The van der Waals surface area contributed by atoms with E-state index in [1.807, 2.05) is 20.8 Å². The van der Waals surface area contributed by atoms with Crippen molar-refractivity contribution in [1.29, 1.82) is 0 Å². The van der Waals surface area contributed by atoms with Crippen LogP contribution < -0.4 is 10.5 Å². The second-order valence-electron chi connectivity index (χ2n) is 5.48. The molecule has 0 radical (unpaired) electrons. The van der Waals surface area contributed by atoms with Crippen LogP contribution in [0.3, 0.4) is 0 Å². The van der Waals surface area contributed by atoms with Gasteiger partial charge in [-0.15, -0.1) is 0 Å². The van der Waals surface area contributed by atoms with Gasteiger partial charge in [0, 0.05) is 12.5 Å². The Morgan fingerprint density at radius 2 is 1.89 bits per heavy atom. The number of Topliss-reactive ketones (excluding diaryl/α,β-unsaturated/α-hetero) is 1. The molecule has 0 heterocycles.